The second-order valence-corrected chi connectivity index (χ2v) is 6.58. The van der Waals surface area contributed by atoms with E-state index in [0.717, 1.165) is 5.56 Å². The summed E-state index contributed by atoms with van der Waals surface area (Å²) < 4.78 is 0. The average molecular weight is 393 g/mol. The zero-order valence-electron chi connectivity index (χ0n) is 15.4. The summed E-state index contributed by atoms with van der Waals surface area (Å²) in [6.07, 6.45) is 1.65. The van der Waals surface area contributed by atoms with Crippen molar-refractivity contribution >= 4 is 46.5 Å². The van der Waals surface area contributed by atoms with E-state index in [2.05, 4.69) is 15.5 Å². The number of nitrogens with zero attached hydrogens (tertiary/aromatic N) is 3. The minimum absolute atomic E-state index is 0.0940. The van der Waals surface area contributed by atoms with Gasteiger partial charge in [0, 0.05) is 0 Å². The van der Waals surface area contributed by atoms with Crippen LogP contribution in [0.4, 0.5) is 5.69 Å². The van der Waals surface area contributed by atoms with Gasteiger partial charge in [-0.05, 0) is 67.5 Å². The molecule has 1 amide bonds. The Labute approximate surface area is 167 Å². The molecule has 0 unspecified atom stereocenters. The Hall–Kier alpha value is -3.52. The lowest BCUT2D eigenvalue weighted by atomic mass is 10.1. The molecule has 142 valence electrons. The number of nitrogens with two attached hydrogens (primary N) is 1. The SMILES string of the molecule is CC1=N/C(=C/c2cccc(O)c2)C(=O)N1c1ccc(/C(C)=N/NC(N)=S)cc1. The Morgan fingerprint density at radius 3 is 2.64 bits per heavy atom. The van der Waals surface area contributed by atoms with E-state index >= 15 is 0 Å². The fourth-order valence-electron chi connectivity index (χ4n) is 2.76. The van der Waals surface area contributed by atoms with Gasteiger partial charge in [0.25, 0.3) is 5.91 Å². The summed E-state index contributed by atoms with van der Waals surface area (Å²) in [5.74, 6) is 0.480. The highest BCUT2D eigenvalue weighted by molar-refractivity contribution is 7.80. The summed E-state index contributed by atoms with van der Waals surface area (Å²) in [7, 11) is 0. The summed E-state index contributed by atoms with van der Waals surface area (Å²) in [4.78, 5) is 18.7. The Morgan fingerprint density at radius 1 is 1.29 bits per heavy atom. The normalized spacial score (nSPS) is 15.7. The van der Waals surface area contributed by atoms with Crippen LogP contribution in [0.1, 0.15) is 25.0 Å². The number of phenols is 1. The first-order valence-corrected chi connectivity index (χ1v) is 8.86. The van der Waals surface area contributed by atoms with Crippen LogP contribution >= 0.6 is 12.2 Å². The number of hydrazone groups is 1. The molecular weight excluding hydrogens is 374 g/mol. The number of rotatable bonds is 4. The van der Waals surface area contributed by atoms with Gasteiger partial charge in [-0.3, -0.25) is 15.1 Å². The van der Waals surface area contributed by atoms with E-state index in [1.54, 1.807) is 37.3 Å². The topological polar surface area (TPSA) is 103 Å². The number of hydrogen-bond donors (Lipinski definition) is 3. The summed E-state index contributed by atoms with van der Waals surface area (Å²) in [5, 5.41) is 13.8. The van der Waals surface area contributed by atoms with E-state index in [9.17, 15) is 9.90 Å². The van der Waals surface area contributed by atoms with Crippen molar-refractivity contribution in [1.82, 2.24) is 5.43 Å². The maximum absolute atomic E-state index is 12.8. The number of carbonyl (C=O) groups excluding carboxylic acids is 1. The van der Waals surface area contributed by atoms with Crippen molar-refractivity contribution in [1.29, 1.82) is 0 Å². The highest BCUT2D eigenvalue weighted by Gasteiger charge is 2.28. The molecular formula is C20H19N5O2S. The molecule has 0 saturated heterocycles. The van der Waals surface area contributed by atoms with E-state index in [1.165, 1.54) is 4.90 Å². The Balaban J connectivity index is 1.83. The summed E-state index contributed by atoms with van der Waals surface area (Å²) in [5.41, 5.74) is 11.2. The molecule has 0 radical (unpaired) electrons. The molecule has 4 N–H and O–H groups in total. The Kier molecular flexibility index (Phi) is 5.51. The van der Waals surface area contributed by atoms with Gasteiger partial charge >= 0.3 is 0 Å². The average Bonchev–Trinajstić information content (AvgIpc) is 2.93. The van der Waals surface area contributed by atoms with Crippen LogP contribution in [0.25, 0.3) is 6.08 Å². The number of nitrogens with one attached hydrogen (secondary N) is 1. The first-order chi connectivity index (χ1) is 13.3. The number of carbonyl (C=O) groups is 1. The quantitative estimate of drug-likeness (QED) is 0.321. The second-order valence-electron chi connectivity index (χ2n) is 6.14. The minimum atomic E-state index is -0.228. The lowest BCUT2D eigenvalue weighted by Gasteiger charge is -2.16. The molecule has 7 nitrogen and oxygen atoms in total. The molecule has 1 aliphatic heterocycles. The number of hydrogen-bond acceptors (Lipinski definition) is 5. The Bertz CT molecular complexity index is 1030. The van der Waals surface area contributed by atoms with Gasteiger partial charge < -0.3 is 10.8 Å². The number of aliphatic imine (C=N–C) groups is 1. The van der Waals surface area contributed by atoms with E-state index in [1.807, 2.05) is 31.2 Å². The largest absolute Gasteiger partial charge is 0.508 e. The molecule has 2 aromatic carbocycles. The predicted molar refractivity (Wildman–Crippen MR) is 115 cm³/mol. The van der Waals surface area contributed by atoms with Crippen molar-refractivity contribution in [3.05, 3.63) is 65.4 Å². The fourth-order valence-corrected chi connectivity index (χ4v) is 2.81. The summed E-state index contributed by atoms with van der Waals surface area (Å²) >= 11 is 4.73. The van der Waals surface area contributed by atoms with Crippen LogP contribution in [0.2, 0.25) is 0 Å². The van der Waals surface area contributed by atoms with E-state index in [-0.39, 0.29) is 16.8 Å². The number of aromatic hydroxyl groups is 1. The van der Waals surface area contributed by atoms with E-state index < -0.39 is 0 Å². The van der Waals surface area contributed by atoms with Crippen LogP contribution < -0.4 is 16.1 Å². The predicted octanol–water partition coefficient (Wildman–Crippen LogP) is 2.76. The van der Waals surface area contributed by atoms with E-state index in [0.29, 0.717) is 28.5 Å². The third-order valence-corrected chi connectivity index (χ3v) is 4.17. The number of anilines is 1. The fraction of sp³-hybridized carbons (Fsp3) is 0.100. The van der Waals surface area contributed by atoms with Gasteiger partial charge in [-0.15, -0.1) is 0 Å². The minimum Gasteiger partial charge on any atom is -0.508 e. The standard InChI is InChI=1S/C20H19N5O2S/c1-12(23-24-20(21)28)15-6-8-16(9-7-15)25-13(2)22-18(19(25)27)11-14-4-3-5-17(26)10-14/h3-11,26H,1-2H3,(H3,21,24,28)/b18-11+,23-12+. The lowest BCUT2D eigenvalue weighted by molar-refractivity contribution is -0.113. The zero-order chi connectivity index (χ0) is 20.3. The maximum Gasteiger partial charge on any atom is 0.282 e. The summed E-state index contributed by atoms with van der Waals surface area (Å²) in [6.45, 7) is 3.60. The molecule has 0 atom stereocenters. The molecule has 0 bridgehead atoms. The molecule has 2 aromatic rings. The molecule has 0 aliphatic carbocycles. The van der Waals surface area contributed by atoms with Crippen molar-refractivity contribution in [2.75, 3.05) is 4.90 Å². The highest BCUT2D eigenvalue weighted by Crippen LogP contribution is 2.26. The van der Waals surface area contributed by atoms with Crippen LogP contribution in [-0.4, -0.2) is 27.7 Å². The monoisotopic (exact) mass is 393 g/mol. The molecule has 8 heteroatoms. The molecule has 0 aromatic heterocycles. The smallest absolute Gasteiger partial charge is 0.282 e. The van der Waals surface area contributed by atoms with Crippen LogP contribution in [0.5, 0.6) is 5.75 Å². The molecule has 0 saturated carbocycles. The zero-order valence-corrected chi connectivity index (χ0v) is 16.2. The highest BCUT2D eigenvalue weighted by atomic mass is 32.1. The van der Waals surface area contributed by atoms with Gasteiger partial charge in [-0.25, -0.2) is 4.99 Å². The Morgan fingerprint density at radius 2 is 2.00 bits per heavy atom. The van der Waals surface area contributed by atoms with Crippen molar-refractivity contribution in [2.24, 2.45) is 15.8 Å². The lowest BCUT2D eigenvalue weighted by Crippen LogP contribution is -2.30. The van der Waals surface area contributed by atoms with Gasteiger partial charge in [-0.2, -0.15) is 5.10 Å². The van der Waals surface area contributed by atoms with Gasteiger partial charge in [0.2, 0.25) is 0 Å². The molecule has 0 fully saturated rings. The number of thiocarbonyl (C=S) groups is 1. The van der Waals surface area contributed by atoms with Crippen molar-refractivity contribution in [2.45, 2.75) is 13.8 Å². The van der Waals surface area contributed by atoms with Crippen molar-refractivity contribution < 1.29 is 9.90 Å². The first-order valence-electron chi connectivity index (χ1n) is 8.46. The van der Waals surface area contributed by atoms with Crippen LogP contribution in [-0.2, 0) is 4.79 Å². The van der Waals surface area contributed by atoms with E-state index in [4.69, 9.17) is 18.0 Å². The molecule has 1 heterocycles. The van der Waals surface area contributed by atoms with Crippen LogP contribution in [0.15, 0.2) is 64.3 Å². The summed E-state index contributed by atoms with van der Waals surface area (Å²) in [6, 6.07) is 14.0. The number of phenolic OH excluding ortho intramolecular Hbond substituents is 1. The number of amidine groups is 1. The third kappa shape index (κ3) is 4.24. The van der Waals surface area contributed by atoms with Crippen LogP contribution in [0.3, 0.4) is 0 Å². The van der Waals surface area contributed by atoms with Gasteiger partial charge in [0.05, 0.1) is 11.4 Å². The third-order valence-electron chi connectivity index (χ3n) is 4.08. The van der Waals surface area contributed by atoms with Gasteiger partial charge in [0.15, 0.2) is 5.11 Å². The first kappa shape index (κ1) is 19.2. The van der Waals surface area contributed by atoms with Gasteiger partial charge in [-0.1, -0.05) is 24.3 Å². The maximum atomic E-state index is 12.8. The second kappa shape index (κ2) is 8.01. The molecule has 0 spiro atoms. The molecule has 3 rings (SSSR count). The van der Waals surface area contributed by atoms with Crippen LogP contribution in [0, 0.1) is 0 Å². The van der Waals surface area contributed by atoms with Crippen molar-refractivity contribution in [3.63, 3.8) is 0 Å². The van der Waals surface area contributed by atoms with Crippen molar-refractivity contribution in [3.8, 4) is 5.75 Å². The molecule has 1 aliphatic rings. The number of amides is 1. The molecule has 28 heavy (non-hydrogen) atoms. The number of benzene rings is 2. The van der Waals surface area contributed by atoms with Gasteiger partial charge in [0.1, 0.15) is 17.3 Å².